The van der Waals surface area contributed by atoms with E-state index in [4.69, 9.17) is 11.6 Å². The van der Waals surface area contributed by atoms with Gasteiger partial charge in [0, 0.05) is 6.20 Å². The van der Waals surface area contributed by atoms with Crippen LogP contribution in [0.25, 0.3) is 0 Å². The lowest BCUT2D eigenvalue weighted by atomic mass is 10.2. The Morgan fingerprint density at radius 1 is 1.26 bits per heavy atom. The van der Waals surface area contributed by atoms with Crippen LogP contribution in [0.2, 0.25) is 0 Å². The van der Waals surface area contributed by atoms with E-state index in [1.54, 1.807) is 19.2 Å². The summed E-state index contributed by atoms with van der Waals surface area (Å²) in [6, 6.07) is 10.1. The van der Waals surface area contributed by atoms with Gasteiger partial charge < -0.3 is 5.43 Å². The van der Waals surface area contributed by atoms with Gasteiger partial charge in [0.2, 0.25) is 0 Å². The molecule has 1 heterocycles. The highest BCUT2D eigenvalue weighted by molar-refractivity contribution is 6.69. The molecule has 0 bridgehead atoms. The molecule has 1 aromatic rings. The van der Waals surface area contributed by atoms with Gasteiger partial charge in [-0.25, -0.2) is 9.98 Å². The number of hydrogen-bond donors (Lipinski definition) is 1. The van der Waals surface area contributed by atoms with E-state index in [-0.39, 0.29) is 0 Å². The summed E-state index contributed by atoms with van der Waals surface area (Å²) >= 11 is 5.91. The molecule has 0 unspecified atom stereocenters. The molecule has 0 aliphatic carbocycles. The minimum atomic E-state index is 0.378. The number of nitrogens with one attached hydrogen (secondary N) is 1. The standard InChI is InChI=1S/C14H15ClN4/c1-11-17-12(2)19(16-9-8-14(15)18-11)10-13-6-4-3-5-7-13/h3-9,16H,2,10H2,1H3. The molecule has 0 fully saturated rings. The average Bonchev–Trinajstić information content (AvgIpc) is 2.42. The third kappa shape index (κ3) is 3.96. The molecule has 1 aliphatic heterocycles. The summed E-state index contributed by atoms with van der Waals surface area (Å²) in [5, 5.41) is 2.21. The molecule has 1 N–H and O–H groups in total. The first-order chi connectivity index (χ1) is 9.15. The highest BCUT2D eigenvalue weighted by atomic mass is 35.5. The minimum Gasteiger partial charge on any atom is -0.304 e. The molecular formula is C14H15ClN4. The number of aliphatic imine (C=N–C) groups is 2. The van der Waals surface area contributed by atoms with E-state index < -0.39 is 0 Å². The third-order valence-corrected chi connectivity index (χ3v) is 2.72. The van der Waals surface area contributed by atoms with Crippen molar-refractivity contribution in [2.45, 2.75) is 13.5 Å². The summed E-state index contributed by atoms with van der Waals surface area (Å²) in [5.41, 5.74) is 4.25. The lowest BCUT2D eigenvalue weighted by Crippen LogP contribution is -2.32. The normalized spacial score (nSPS) is 15.9. The zero-order chi connectivity index (χ0) is 13.7. The second kappa shape index (κ2) is 6.20. The molecular weight excluding hydrogens is 260 g/mol. The van der Waals surface area contributed by atoms with Gasteiger partial charge in [-0.2, -0.15) is 0 Å². The second-order valence-corrected chi connectivity index (χ2v) is 4.43. The van der Waals surface area contributed by atoms with Crippen LogP contribution in [0.15, 0.2) is 65.0 Å². The van der Waals surface area contributed by atoms with Crippen molar-refractivity contribution < 1.29 is 0 Å². The fraction of sp³-hybridized carbons (Fsp3) is 0.143. The molecule has 5 heteroatoms. The SMILES string of the molecule is C=C1N=C(C)N=C(Cl)C=CNN1Cc1ccccc1. The van der Waals surface area contributed by atoms with Crippen molar-refractivity contribution >= 4 is 22.6 Å². The number of hydrazine groups is 1. The maximum absolute atomic E-state index is 5.91. The molecule has 0 saturated heterocycles. The Morgan fingerprint density at radius 3 is 2.74 bits per heavy atom. The van der Waals surface area contributed by atoms with Gasteiger partial charge in [0.1, 0.15) is 16.8 Å². The van der Waals surface area contributed by atoms with Gasteiger partial charge in [-0.3, -0.25) is 5.01 Å². The molecule has 0 atom stereocenters. The van der Waals surface area contributed by atoms with Gasteiger partial charge >= 0.3 is 0 Å². The van der Waals surface area contributed by atoms with Crippen molar-refractivity contribution in [1.82, 2.24) is 10.4 Å². The summed E-state index contributed by atoms with van der Waals surface area (Å²) < 4.78 is 0. The molecule has 0 saturated carbocycles. The predicted molar refractivity (Wildman–Crippen MR) is 79.8 cm³/mol. The maximum atomic E-state index is 5.91. The first kappa shape index (κ1) is 13.4. The van der Waals surface area contributed by atoms with Gasteiger partial charge in [-0.1, -0.05) is 48.5 Å². The monoisotopic (exact) mass is 274 g/mol. The molecule has 1 aliphatic rings. The number of rotatable bonds is 2. The van der Waals surface area contributed by atoms with Crippen LogP contribution in [0.4, 0.5) is 0 Å². The van der Waals surface area contributed by atoms with E-state index in [0.717, 1.165) is 5.56 Å². The topological polar surface area (TPSA) is 40.0 Å². The third-order valence-electron chi connectivity index (χ3n) is 2.51. The Hall–Kier alpha value is -2.07. The molecule has 0 aromatic heterocycles. The van der Waals surface area contributed by atoms with Crippen LogP contribution in [0.3, 0.4) is 0 Å². The maximum Gasteiger partial charge on any atom is 0.142 e. The van der Waals surface area contributed by atoms with E-state index in [1.165, 1.54) is 0 Å². The largest absolute Gasteiger partial charge is 0.304 e. The summed E-state index contributed by atoms with van der Waals surface area (Å²) in [5.74, 6) is 1.16. The van der Waals surface area contributed by atoms with E-state index >= 15 is 0 Å². The highest BCUT2D eigenvalue weighted by Crippen LogP contribution is 2.10. The molecule has 0 radical (unpaired) electrons. The fourth-order valence-corrected chi connectivity index (χ4v) is 1.82. The first-order valence-corrected chi connectivity index (χ1v) is 6.25. The highest BCUT2D eigenvalue weighted by Gasteiger charge is 2.08. The molecule has 19 heavy (non-hydrogen) atoms. The Balaban J connectivity index is 2.19. The van der Waals surface area contributed by atoms with Gasteiger partial charge in [-0.05, 0) is 18.6 Å². The van der Waals surface area contributed by atoms with E-state index in [2.05, 4.69) is 22.0 Å². The average molecular weight is 275 g/mol. The summed E-state index contributed by atoms with van der Waals surface area (Å²) in [7, 11) is 0. The van der Waals surface area contributed by atoms with Gasteiger partial charge in [0.25, 0.3) is 0 Å². The lowest BCUT2D eigenvalue weighted by molar-refractivity contribution is 0.277. The van der Waals surface area contributed by atoms with Crippen LogP contribution in [0.5, 0.6) is 0 Å². The van der Waals surface area contributed by atoms with Crippen LogP contribution in [-0.2, 0) is 6.54 Å². The van der Waals surface area contributed by atoms with Gasteiger partial charge in [0.05, 0.1) is 6.54 Å². The van der Waals surface area contributed by atoms with Gasteiger partial charge in [-0.15, -0.1) is 0 Å². The van der Waals surface area contributed by atoms with Crippen molar-refractivity contribution in [1.29, 1.82) is 0 Å². The van der Waals surface area contributed by atoms with Crippen LogP contribution < -0.4 is 5.43 Å². The van der Waals surface area contributed by atoms with Crippen LogP contribution in [0, 0.1) is 0 Å². The molecule has 98 valence electrons. The Kier molecular flexibility index (Phi) is 4.36. The van der Waals surface area contributed by atoms with Crippen molar-refractivity contribution in [3.8, 4) is 0 Å². The number of hydrogen-bond acceptors (Lipinski definition) is 4. The molecule has 0 spiro atoms. The van der Waals surface area contributed by atoms with Crippen molar-refractivity contribution in [3.05, 3.63) is 60.6 Å². The fourth-order valence-electron chi connectivity index (χ4n) is 1.64. The van der Waals surface area contributed by atoms with Crippen molar-refractivity contribution in [2.24, 2.45) is 9.98 Å². The molecule has 0 amide bonds. The smallest absolute Gasteiger partial charge is 0.142 e. The van der Waals surface area contributed by atoms with Gasteiger partial charge in [0.15, 0.2) is 0 Å². The number of nitrogens with zero attached hydrogens (tertiary/aromatic N) is 3. The van der Waals surface area contributed by atoms with E-state index in [9.17, 15) is 0 Å². The van der Waals surface area contributed by atoms with E-state index in [1.807, 2.05) is 35.3 Å². The van der Waals surface area contributed by atoms with Crippen LogP contribution in [0.1, 0.15) is 12.5 Å². The second-order valence-electron chi connectivity index (χ2n) is 4.04. The number of allylic oxidation sites excluding steroid dienone is 1. The number of halogens is 1. The van der Waals surface area contributed by atoms with Crippen LogP contribution >= 0.6 is 11.6 Å². The van der Waals surface area contributed by atoms with Crippen molar-refractivity contribution in [3.63, 3.8) is 0 Å². The van der Waals surface area contributed by atoms with E-state index in [0.29, 0.717) is 23.4 Å². The quantitative estimate of drug-likeness (QED) is 0.900. The Labute approximate surface area is 117 Å². The predicted octanol–water partition coefficient (Wildman–Crippen LogP) is 3.05. The minimum absolute atomic E-state index is 0.378. The summed E-state index contributed by atoms with van der Waals surface area (Å²) in [6.07, 6.45) is 3.39. The Morgan fingerprint density at radius 2 is 2.00 bits per heavy atom. The summed E-state index contributed by atoms with van der Waals surface area (Å²) in [4.78, 5) is 8.40. The van der Waals surface area contributed by atoms with Crippen LogP contribution in [-0.4, -0.2) is 16.0 Å². The molecule has 1 aromatic carbocycles. The zero-order valence-corrected chi connectivity index (χ0v) is 11.4. The Bertz CT molecular complexity index is 546. The number of amidine groups is 1. The zero-order valence-electron chi connectivity index (χ0n) is 10.7. The lowest BCUT2D eigenvalue weighted by Gasteiger charge is -2.23. The molecule has 2 rings (SSSR count). The first-order valence-electron chi connectivity index (χ1n) is 5.88. The summed E-state index contributed by atoms with van der Waals surface area (Å²) in [6.45, 7) is 6.38. The number of benzene rings is 1. The molecule has 4 nitrogen and oxygen atoms in total. The van der Waals surface area contributed by atoms with Crippen molar-refractivity contribution in [2.75, 3.05) is 0 Å².